The van der Waals surface area contributed by atoms with Crippen molar-refractivity contribution in [3.8, 4) is 28.4 Å². The Morgan fingerprint density at radius 1 is 1.09 bits per heavy atom. The van der Waals surface area contributed by atoms with Crippen molar-refractivity contribution in [2.24, 2.45) is 0 Å². The Morgan fingerprint density at radius 3 is 2.47 bits per heavy atom. The number of rotatable bonds is 8. The lowest BCUT2D eigenvalue weighted by Gasteiger charge is -2.19. The fraction of sp³-hybridized carbons (Fsp3) is 0.250. The van der Waals surface area contributed by atoms with E-state index < -0.39 is 22.7 Å². The Labute approximate surface area is 195 Å². The molecule has 7 nitrogen and oxygen atoms in total. The van der Waals surface area contributed by atoms with Gasteiger partial charge in [0.25, 0.3) is 0 Å². The third-order valence-corrected chi connectivity index (χ3v) is 6.48. The standard InChI is InChI=1S/C24H22F2O7S/c1-30-20-10-9-18(15-5-8-19-16(11-15)13-32-23(19)27)21(22(20)33-24(25)26)31-12-14-3-6-17(7-4-14)34(2,28)29/h3-11,23-24,27H,12-13H2,1-2H3. The molecule has 10 heteroatoms. The van der Waals surface area contributed by atoms with E-state index in [0.717, 1.165) is 11.8 Å². The highest BCUT2D eigenvalue weighted by Gasteiger charge is 2.25. The van der Waals surface area contributed by atoms with Crippen molar-refractivity contribution < 1.29 is 41.3 Å². The van der Waals surface area contributed by atoms with E-state index in [1.165, 1.54) is 25.3 Å². The van der Waals surface area contributed by atoms with E-state index in [4.69, 9.17) is 18.9 Å². The van der Waals surface area contributed by atoms with E-state index in [9.17, 15) is 22.3 Å². The predicted molar refractivity (Wildman–Crippen MR) is 119 cm³/mol. The summed E-state index contributed by atoms with van der Waals surface area (Å²) in [6.45, 7) is -2.95. The fourth-order valence-electron chi connectivity index (χ4n) is 3.66. The van der Waals surface area contributed by atoms with Crippen LogP contribution in [0.2, 0.25) is 0 Å². The molecule has 3 aromatic carbocycles. The van der Waals surface area contributed by atoms with Crippen LogP contribution in [0.3, 0.4) is 0 Å². The average molecular weight is 492 g/mol. The summed E-state index contributed by atoms with van der Waals surface area (Å²) in [4.78, 5) is 0.155. The van der Waals surface area contributed by atoms with Crippen LogP contribution in [0, 0.1) is 0 Å². The summed E-state index contributed by atoms with van der Waals surface area (Å²) >= 11 is 0. The monoisotopic (exact) mass is 492 g/mol. The van der Waals surface area contributed by atoms with Gasteiger partial charge in [-0.1, -0.05) is 24.3 Å². The molecule has 3 aromatic rings. The average Bonchev–Trinajstić information content (AvgIpc) is 3.17. The zero-order valence-electron chi connectivity index (χ0n) is 18.3. The van der Waals surface area contributed by atoms with Gasteiger partial charge in [-0.25, -0.2) is 8.42 Å². The molecule has 34 heavy (non-hydrogen) atoms. The molecule has 4 rings (SSSR count). The first-order valence-corrected chi connectivity index (χ1v) is 12.1. The summed E-state index contributed by atoms with van der Waals surface area (Å²) in [6, 6.07) is 14.4. The summed E-state index contributed by atoms with van der Waals surface area (Å²) in [7, 11) is -2.03. The smallest absolute Gasteiger partial charge is 0.387 e. The van der Waals surface area contributed by atoms with Crippen LogP contribution < -0.4 is 14.2 Å². The number of fused-ring (bicyclic) bond motifs is 1. The van der Waals surface area contributed by atoms with Gasteiger partial charge in [-0.2, -0.15) is 8.78 Å². The lowest BCUT2D eigenvalue weighted by atomic mass is 9.99. The van der Waals surface area contributed by atoms with E-state index >= 15 is 0 Å². The maximum absolute atomic E-state index is 13.3. The first-order valence-electron chi connectivity index (χ1n) is 10.2. The van der Waals surface area contributed by atoms with Crippen LogP contribution in [0.4, 0.5) is 8.78 Å². The van der Waals surface area contributed by atoms with Gasteiger partial charge in [-0.05, 0) is 47.0 Å². The fourth-order valence-corrected chi connectivity index (χ4v) is 4.29. The largest absolute Gasteiger partial charge is 0.493 e. The molecule has 0 aliphatic carbocycles. The molecule has 0 radical (unpaired) electrons. The molecule has 0 fully saturated rings. The molecule has 1 atom stereocenters. The van der Waals surface area contributed by atoms with Gasteiger partial charge < -0.3 is 24.1 Å². The third-order valence-electron chi connectivity index (χ3n) is 5.35. The minimum absolute atomic E-state index is 0.0336. The van der Waals surface area contributed by atoms with Crippen LogP contribution >= 0.6 is 0 Å². The quantitative estimate of drug-likeness (QED) is 0.496. The zero-order valence-corrected chi connectivity index (χ0v) is 19.1. The van der Waals surface area contributed by atoms with E-state index in [2.05, 4.69) is 0 Å². The topological polar surface area (TPSA) is 91.3 Å². The maximum Gasteiger partial charge on any atom is 0.387 e. The van der Waals surface area contributed by atoms with Crippen LogP contribution in [-0.2, 0) is 27.8 Å². The van der Waals surface area contributed by atoms with Gasteiger partial charge in [0.1, 0.15) is 6.61 Å². The van der Waals surface area contributed by atoms with Crippen LogP contribution in [0.1, 0.15) is 23.0 Å². The number of halogens is 2. The second-order valence-electron chi connectivity index (χ2n) is 7.63. The SMILES string of the molecule is COc1ccc(-c2ccc3c(c2)COC3O)c(OCc2ccc(S(C)(=O)=O)cc2)c1OC(F)F. The number of aliphatic hydroxyl groups excluding tert-OH is 1. The van der Waals surface area contributed by atoms with Crippen molar-refractivity contribution in [1.82, 2.24) is 0 Å². The van der Waals surface area contributed by atoms with Gasteiger partial charge in [-0.15, -0.1) is 0 Å². The number of hydrogen-bond acceptors (Lipinski definition) is 7. The Bertz CT molecular complexity index is 1290. The minimum atomic E-state index is -3.36. The highest BCUT2D eigenvalue weighted by molar-refractivity contribution is 7.90. The second-order valence-corrected chi connectivity index (χ2v) is 9.65. The maximum atomic E-state index is 13.3. The van der Waals surface area contributed by atoms with Crippen molar-refractivity contribution in [1.29, 1.82) is 0 Å². The molecule has 1 unspecified atom stereocenters. The molecule has 1 aliphatic heterocycles. The molecule has 0 saturated heterocycles. The third kappa shape index (κ3) is 4.98. The Morgan fingerprint density at radius 2 is 1.82 bits per heavy atom. The number of hydrogen-bond donors (Lipinski definition) is 1. The Kier molecular flexibility index (Phi) is 6.74. The second kappa shape index (κ2) is 9.57. The van der Waals surface area contributed by atoms with Crippen molar-refractivity contribution in [3.05, 3.63) is 71.3 Å². The number of benzene rings is 3. The summed E-state index contributed by atoms with van der Waals surface area (Å²) in [5, 5.41) is 9.88. The molecule has 1 heterocycles. The predicted octanol–water partition coefficient (Wildman–Crippen LogP) is 4.47. The van der Waals surface area contributed by atoms with Crippen molar-refractivity contribution in [2.45, 2.75) is 31.0 Å². The van der Waals surface area contributed by atoms with Crippen LogP contribution in [0.15, 0.2) is 59.5 Å². The van der Waals surface area contributed by atoms with Gasteiger partial charge in [0, 0.05) is 17.4 Å². The summed E-state index contributed by atoms with van der Waals surface area (Å²) < 4.78 is 71.1. The van der Waals surface area contributed by atoms with E-state index in [0.29, 0.717) is 22.3 Å². The highest BCUT2D eigenvalue weighted by Crippen LogP contribution is 2.46. The number of sulfone groups is 1. The molecule has 0 amide bonds. The molecule has 0 spiro atoms. The van der Waals surface area contributed by atoms with Crippen LogP contribution in [0.25, 0.3) is 11.1 Å². The molecule has 0 aromatic heterocycles. The number of alkyl halides is 2. The summed E-state index contributed by atoms with van der Waals surface area (Å²) in [5.41, 5.74) is 3.12. The number of methoxy groups -OCH3 is 1. The van der Waals surface area contributed by atoms with Gasteiger partial charge in [-0.3, -0.25) is 0 Å². The van der Waals surface area contributed by atoms with Gasteiger partial charge in [0.2, 0.25) is 5.75 Å². The van der Waals surface area contributed by atoms with E-state index in [1.807, 2.05) is 0 Å². The molecular formula is C24H22F2O7S. The zero-order chi connectivity index (χ0) is 24.5. The molecule has 180 valence electrons. The highest BCUT2D eigenvalue weighted by atomic mass is 32.2. The Hall–Kier alpha value is -3.21. The minimum Gasteiger partial charge on any atom is -0.493 e. The normalized spacial score (nSPS) is 15.3. The summed E-state index contributed by atoms with van der Waals surface area (Å²) in [5.74, 6) is -0.169. The van der Waals surface area contributed by atoms with Crippen molar-refractivity contribution >= 4 is 9.84 Å². The van der Waals surface area contributed by atoms with E-state index in [1.54, 1.807) is 36.4 Å². The first kappa shape index (κ1) is 23.9. The van der Waals surface area contributed by atoms with Gasteiger partial charge >= 0.3 is 6.61 Å². The number of aliphatic hydroxyl groups is 1. The van der Waals surface area contributed by atoms with Gasteiger partial charge in [0.05, 0.1) is 18.6 Å². The molecule has 1 N–H and O–H groups in total. The lowest BCUT2D eigenvalue weighted by molar-refractivity contribution is -0.0918. The summed E-state index contributed by atoms with van der Waals surface area (Å²) in [6.07, 6.45) is 0.0959. The van der Waals surface area contributed by atoms with E-state index in [-0.39, 0.29) is 35.4 Å². The first-order chi connectivity index (χ1) is 16.2. The lowest BCUT2D eigenvalue weighted by Crippen LogP contribution is -2.07. The molecule has 0 bridgehead atoms. The van der Waals surface area contributed by atoms with Gasteiger partial charge in [0.15, 0.2) is 27.6 Å². The van der Waals surface area contributed by atoms with Crippen LogP contribution in [-0.4, -0.2) is 33.5 Å². The van der Waals surface area contributed by atoms with Crippen molar-refractivity contribution in [3.63, 3.8) is 0 Å². The number of ether oxygens (including phenoxy) is 4. The Balaban J connectivity index is 1.74. The molecule has 0 saturated carbocycles. The molecule has 1 aliphatic rings. The van der Waals surface area contributed by atoms with Crippen LogP contribution in [0.5, 0.6) is 17.2 Å². The molecular weight excluding hydrogens is 470 g/mol. The van der Waals surface area contributed by atoms with Crippen molar-refractivity contribution in [2.75, 3.05) is 13.4 Å².